The van der Waals surface area contributed by atoms with E-state index in [1.807, 2.05) is 0 Å². The van der Waals surface area contributed by atoms with Crippen LogP contribution in [0.2, 0.25) is 0 Å². The van der Waals surface area contributed by atoms with E-state index >= 15 is 0 Å². The third-order valence-electron chi connectivity index (χ3n) is 1.63. The van der Waals surface area contributed by atoms with Gasteiger partial charge in [-0.15, -0.1) is 0 Å². The van der Waals surface area contributed by atoms with Crippen molar-refractivity contribution >= 4 is 27.5 Å². The number of likely N-dealkylation sites (N-methyl/N-ethyl adjacent to an activating group) is 1. The van der Waals surface area contributed by atoms with Crippen molar-refractivity contribution in [1.29, 1.82) is 0 Å². The molecule has 1 aromatic rings. The average molecular weight is 259 g/mol. The number of anilines is 1. The Morgan fingerprint density at radius 2 is 2.36 bits per heavy atom. The van der Waals surface area contributed by atoms with Gasteiger partial charge in [-0.2, -0.15) is 0 Å². The Balaban J connectivity index is 2.68. The van der Waals surface area contributed by atoms with Crippen LogP contribution in [0.25, 0.3) is 0 Å². The van der Waals surface area contributed by atoms with Gasteiger partial charge in [-0.3, -0.25) is 4.79 Å². The lowest BCUT2D eigenvalue weighted by Crippen LogP contribution is -2.24. The maximum atomic E-state index is 10.9. The topological polar surface area (TPSA) is 64.3 Å². The number of rotatable bonds is 3. The van der Waals surface area contributed by atoms with Crippen molar-refractivity contribution in [3.05, 3.63) is 22.7 Å². The molecule has 14 heavy (non-hydrogen) atoms. The lowest BCUT2D eigenvalue weighted by Gasteiger charge is -2.08. The quantitative estimate of drug-likeness (QED) is 0.800. The molecule has 0 saturated heterocycles. The zero-order chi connectivity index (χ0) is 10.6. The summed E-state index contributed by atoms with van der Waals surface area (Å²) in [6.07, 6.45) is 0. The van der Waals surface area contributed by atoms with E-state index in [1.165, 1.54) is 0 Å². The molecule has 0 atom stereocenters. The first-order valence-electron chi connectivity index (χ1n) is 4.02. The summed E-state index contributed by atoms with van der Waals surface area (Å²) in [4.78, 5) is 10.9. The Labute approximate surface area is 90.6 Å². The number of ether oxygens (including phenoxy) is 1. The third-order valence-corrected chi connectivity index (χ3v) is 2.48. The molecule has 5 heteroatoms. The molecule has 4 nitrogen and oxygen atoms in total. The number of hydrogen-bond donors (Lipinski definition) is 2. The van der Waals surface area contributed by atoms with Gasteiger partial charge in [0.2, 0.25) is 0 Å². The number of nitrogens with one attached hydrogen (secondary N) is 1. The standard InChI is InChI=1S/C9H11BrN2O2/c1-12-8(13)5-14-7-4-2-3-6(11)9(7)10/h2-4H,5,11H2,1H3,(H,12,13). The fourth-order valence-corrected chi connectivity index (χ4v) is 1.23. The molecule has 0 aliphatic rings. The molecule has 0 fully saturated rings. The van der Waals surface area contributed by atoms with Gasteiger partial charge in [-0.1, -0.05) is 6.07 Å². The molecular formula is C9H11BrN2O2. The Morgan fingerprint density at radius 1 is 1.64 bits per heavy atom. The van der Waals surface area contributed by atoms with E-state index in [2.05, 4.69) is 21.2 Å². The number of hydrogen-bond acceptors (Lipinski definition) is 3. The molecule has 0 radical (unpaired) electrons. The van der Waals surface area contributed by atoms with Crippen molar-refractivity contribution in [3.63, 3.8) is 0 Å². The summed E-state index contributed by atoms with van der Waals surface area (Å²) >= 11 is 3.27. The number of carbonyl (C=O) groups is 1. The van der Waals surface area contributed by atoms with Gasteiger partial charge in [0, 0.05) is 12.7 Å². The molecule has 0 aromatic heterocycles. The summed E-state index contributed by atoms with van der Waals surface area (Å²) in [5.74, 6) is 0.382. The van der Waals surface area contributed by atoms with Crippen molar-refractivity contribution in [1.82, 2.24) is 5.32 Å². The minimum Gasteiger partial charge on any atom is -0.483 e. The van der Waals surface area contributed by atoms with Crippen LogP contribution in [0.1, 0.15) is 0 Å². The van der Waals surface area contributed by atoms with Crippen LogP contribution in [0.5, 0.6) is 5.75 Å². The van der Waals surface area contributed by atoms with Crippen molar-refractivity contribution < 1.29 is 9.53 Å². The van der Waals surface area contributed by atoms with E-state index in [4.69, 9.17) is 10.5 Å². The highest BCUT2D eigenvalue weighted by atomic mass is 79.9. The first-order valence-corrected chi connectivity index (χ1v) is 4.82. The molecule has 0 heterocycles. The molecule has 0 aliphatic heterocycles. The minimum atomic E-state index is -0.181. The summed E-state index contributed by atoms with van der Waals surface area (Å²) in [5, 5.41) is 2.46. The van der Waals surface area contributed by atoms with Gasteiger partial charge in [-0.05, 0) is 28.1 Å². The second-order valence-electron chi connectivity index (χ2n) is 2.62. The Kier molecular flexibility index (Phi) is 3.76. The van der Waals surface area contributed by atoms with Gasteiger partial charge in [0.1, 0.15) is 5.75 Å². The van der Waals surface area contributed by atoms with Crippen LogP contribution >= 0.6 is 15.9 Å². The molecule has 0 unspecified atom stereocenters. The largest absolute Gasteiger partial charge is 0.483 e. The van der Waals surface area contributed by atoms with Crippen molar-refractivity contribution in [2.24, 2.45) is 0 Å². The fourth-order valence-electron chi connectivity index (χ4n) is 0.855. The van der Waals surface area contributed by atoms with Gasteiger partial charge in [0.05, 0.1) is 4.47 Å². The molecule has 3 N–H and O–H groups in total. The van der Waals surface area contributed by atoms with E-state index in [0.717, 1.165) is 0 Å². The van der Waals surface area contributed by atoms with E-state index in [9.17, 15) is 4.79 Å². The lowest BCUT2D eigenvalue weighted by atomic mass is 10.3. The van der Waals surface area contributed by atoms with Gasteiger partial charge in [0.25, 0.3) is 5.91 Å². The van der Waals surface area contributed by atoms with Crippen LogP contribution in [0.4, 0.5) is 5.69 Å². The molecule has 0 aliphatic carbocycles. The van der Waals surface area contributed by atoms with Gasteiger partial charge < -0.3 is 15.8 Å². The van der Waals surface area contributed by atoms with Gasteiger partial charge in [-0.25, -0.2) is 0 Å². The predicted octanol–water partition coefficient (Wildman–Crippen LogP) is 1.16. The molecule has 0 bridgehead atoms. The number of nitrogens with two attached hydrogens (primary N) is 1. The van der Waals surface area contributed by atoms with Crippen molar-refractivity contribution in [2.75, 3.05) is 19.4 Å². The number of carbonyl (C=O) groups excluding carboxylic acids is 1. The Morgan fingerprint density at radius 3 is 3.00 bits per heavy atom. The van der Waals surface area contributed by atoms with Crippen molar-refractivity contribution in [2.45, 2.75) is 0 Å². The zero-order valence-corrected chi connectivity index (χ0v) is 9.30. The van der Waals surface area contributed by atoms with E-state index in [-0.39, 0.29) is 12.5 Å². The monoisotopic (exact) mass is 258 g/mol. The normalized spacial score (nSPS) is 9.57. The molecule has 1 aromatic carbocycles. The summed E-state index contributed by atoms with van der Waals surface area (Å²) < 4.78 is 5.90. The summed E-state index contributed by atoms with van der Waals surface area (Å²) in [5.41, 5.74) is 6.21. The smallest absolute Gasteiger partial charge is 0.257 e. The first kappa shape index (κ1) is 10.8. The molecule has 0 spiro atoms. The van der Waals surface area contributed by atoms with Crippen LogP contribution in [0.3, 0.4) is 0 Å². The van der Waals surface area contributed by atoms with Crippen LogP contribution in [-0.4, -0.2) is 19.6 Å². The summed E-state index contributed by atoms with van der Waals surface area (Å²) in [7, 11) is 1.56. The maximum Gasteiger partial charge on any atom is 0.257 e. The second-order valence-corrected chi connectivity index (χ2v) is 3.41. The van der Waals surface area contributed by atoms with Gasteiger partial charge in [0.15, 0.2) is 6.61 Å². The molecule has 76 valence electrons. The fraction of sp³-hybridized carbons (Fsp3) is 0.222. The predicted molar refractivity (Wildman–Crippen MR) is 58.1 cm³/mol. The molecule has 1 rings (SSSR count). The lowest BCUT2D eigenvalue weighted by molar-refractivity contribution is -0.122. The first-order chi connectivity index (χ1) is 6.65. The maximum absolute atomic E-state index is 10.9. The molecular weight excluding hydrogens is 248 g/mol. The zero-order valence-electron chi connectivity index (χ0n) is 7.71. The van der Waals surface area contributed by atoms with Gasteiger partial charge >= 0.3 is 0 Å². The van der Waals surface area contributed by atoms with E-state index in [1.54, 1.807) is 25.2 Å². The third kappa shape index (κ3) is 2.63. The SMILES string of the molecule is CNC(=O)COc1cccc(N)c1Br. The molecule has 0 saturated carbocycles. The Bertz CT molecular complexity index is 342. The van der Waals surface area contributed by atoms with E-state index < -0.39 is 0 Å². The number of benzene rings is 1. The van der Waals surface area contributed by atoms with Crippen LogP contribution in [-0.2, 0) is 4.79 Å². The summed E-state index contributed by atoms with van der Waals surface area (Å²) in [6, 6.07) is 5.25. The number of amides is 1. The minimum absolute atomic E-state index is 0.0153. The van der Waals surface area contributed by atoms with Crippen LogP contribution < -0.4 is 15.8 Å². The number of halogens is 1. The second kappa shape index (κ2) is 4.85. The van der Waals surface area contributed by atoms with Crippen molar-refractivity contribution in [3.8, 4) is 5.75 Å². The highest BCUT2D eigenvalue weighted by molar-refractivity contribution is 9.10. The Hall–Kier alpha value is -1.23. The number of nitrogen functional groups attached to an aromatic ring is 1. The highest BCUT2D eigenvalue weighted by Gasteiger charge is 2.05. The molecule has 1 amide bonds. The average Bonchev–Trinajstić information content (AvgIpc) is 2.20. The van der Waals surface area contributed by atoms with Crippen LogP contribution in [0.15, 0.2) is 22.7 Å². The summed E-state index contributed by atoms with van der Waals surface area (Å²) in [6.45, 7) is -0.0153. The van der Waals surface area contributed by atoms with E-state index in [0.29, 0.717) is 15.9 Å². The van der Waals surface area contributed by atoms with Crippen LogP contribution in [0, 0.1) is 0 Å². The highest BCUT2D eigenvalue weighted by Crippen LogP contribution is 2.29.